The zero-order valence-corrected chi connectivity index (χ0v) is 14.3. The van der Waals surface area contributed by atoms with Gasteiger partial charge >= 0.3 is 0 Å². The number of carbonyl (C=O) groups excluding carboxylic acids is 1. The van der Waals surface area contributed by atoms with Gasteiger partial charge in [-0.15, -0.1) is 0 Å². The molecular formula is C21H26O2. The third-order valence-electron chi connectivity index (χ3n) is 4.11. The van der Waals surface area contributed by atoms with Crippen LogP contribution in [0.2, 0.25) is 0 Å². The molecule has 0 spiro atoms. The molecule has 2 rings (SSSR count). The van der Waals surface area contributed by atoms with Crippen molar-refractivity contribution in [3.63, 3.8) is 0 Å². The number of ether oxygens (including phenoxy) is 1. The summed E-state index contributed by atoms with van der Waals surface area (Å²) in [5, 5.41) is 0. The van der Waals surface area contributed by atoms with E-state index in [2.05, 4.69) is 6.92 Å². The van der Waals surface area contributed by atoms with E-state index in [9.17, 15) is 4.79 Å². The Morgan fingerprint density at radius 2 is 1.78 bits per heavy atom. The predicted octanol–water partition coefficient (Wildman–Crippen LogP) is 5.66. The second-order valence-electron chi connectivity index (χ2n) is 6.62. The van der Waals surface area contributed by atoms with E-state index in [0.717, 1.165) is 36.1 Å². The molecule has 0 heterocycles. The Bertz CT molecular complexity index is 629. The molecule has 0 atom stereocenters. The van der Waals surface area contributed by atoms with E-state index in [4.69, 9.17) is 4.74 Å². The van der Waals surface area contributed by atoms with Gasteiger partial charge in [0.25, 0.3) is 0 Å². The molecule has 0 aliphatic heterocycles. The average molecular weight is 310 g/mol. The highest BCUT2D eigenvalue weighted by Gasteiger charge is 2.28. The van der Waals surface area contributed by atoms with E-state index in [1.165, 1.54) is 0 Å². The Morgan fingerprint density at radius 1 is 1.04 bits per heavy atom. The Labute approximate surface area is 139 Å². The normalized spacial score (nSPS) is 11.3. The lowest BCUT2D eigenvalue weighted by molar-refractivity contribution is 0.0823. The first kappa shape index (κ1) is 17.3. The summed E-state index contributed by atoms with van der Waals surface area (Å²) in [6, 6.07) is 17.6. The smallest absolute Gasteiger partial charge is 0.168 e. The summed E-state index contributed by atoms with van der Waals surface area (Å²) in [5.41, 5.74) is 1.53. The van der Waals surface area contributed by atoms with Crippen LogP contribution in [0.15, 0.2) is 54.6 Å². The molecule has 2 nitrogen and oxygen atoms in total. The number of unbranched alkanes of at least 4 members (excludes halogenated alkanes) is 1. The zero-order valence-electron chi connectivity index (χ0n) is 14.3. The summed E-state index contributed by atoms with van der Waals surface area (Å²) in [7, 11) is 0. The van der Waals surface area contributed by atoms with Crippen molar-refractivity contribution in [1.82, 2.24) is 0 Å². The van der Waals surface area contributed by atoms with Crippen LogP contribution in [0.3, 0.4) is 0 Å². The van der Waals surface area contributed by atoms with Crippen molar-refractivity contribution in [2.75, 3.05) is 0 Å². The van der Waals surface area contributed by atoms with Gasteiger partial charge in [0.1, 0.15) is 12.4 Å². The fourth-order valence-corrected chi connectivity index (χ4v) is 2.59. The Kier molecular flexibility index (Phi) is 5.97. The number of benzene rings is 2. The Hall–Kier alpha value is -2.09. The summed E-state index contributed by atoms with van der Waals surface area (Å²) in [6.45, 7) is 6.72. The molecule has 0 fully saturated rings. The molecule has 0 amide bonds. The Balaban J connectivity index is 2.05. The van der Waals surface area contributed by atoms with Crippen LogP contribution < -0.4 is 4.74 Å². The number of rotatable bonds is 8. The van der Waals surface area contributed by atoms with Gasteiger partial charge in [-0.3, -0.25) is 4.79 Å². The first-order valence-corrected chi connectivity index (χ1v) is 8.34. The molecule has 0 bridgehead atoms. The molecule has 122 valence electrons. The summed E-state index contributed by atoms with van der Waals surface area (Å²) in [5.74, 6) is 0.933. The average Bonchev–Trinajstić information content (AvgIpc) is 2.58. The lowest BCUT2D eigenvalue weighted by atomic mass is 9.80. The molecule has 0 aromatic heterocycles. The summed E-state index contributed by atoms with van der Waals surface area (Å²) < 4.78 is 5.82. The molecule has 2 aromatic carbocycles. The van der Waals surface area contributed by atoms with Crippen LogP contribution in [0, 0.1) is 5.41 Å². The van der Waals surface area contributed by atoms with Crippen molar-refractivity contribution in [2.24, 2.45) is 5.41 Å². The molecule has 0 unspecified atom stereocenters. The first-order chi connectivity index (χ1) is 11.0. The highest BCUT2D eigenvalue weighted by atomic mass is 16.5. The quantitative estimate of drug-likeness (QED) is 0.588. The van der Waals surface area contributed by atoms with Crippen LogP contribution in [0.4, 0.5) is 0 Å². The van der Waals surface area contributed by atoms with Gasteiger partial charge in [-0.05, 0) is 24.1 Å². The molecule has 0 aliphatic rings. The minimum absolute atomic E-state index is 0.191. The summed E-state index contributed by atoms with van der Waals surface area (Å²) >= 11 is 0. The van der Waals surface area contributed by atoms with Gasteiger partial charge in [-0.2, -0.15) is 0 Å². The minimum atomic E-state index is -0.325. The number of hydrogen-bond acceptors (Lipinski definition) is 2. The fourth-order valence-electron chi connectivity index (χ4n) is 2.59. The molecule has 0 radical (unpaired) electrons. The molecule has 0 N–H and O–H groups in total. The number of Topliss-reactive ketones (excluding diaryl/α,β-unsaturated/α-hetero) is 1. The van der Waals surface area contributed by atoms with E-state index in [0.29, 0.717) is 6.61 Å². The number of ketones is 1. The molecule has 2 heteroatoms. The summed E-state index contributed by atoms with van der Waals surface area (Å²) in [4.78, 5) is 12.7. The van der Waals surface area contributed by atoms with Crippen LogP contribution in [-0.2, 0) is 6.61 Å². The maximum absolute atomic E-state index is 12.7. The van der Waals surface area contributed by atoms with Crippen LogP contribution >= 0.6 is 0 Å². The molecule has 2 aromatic rings. The zero-order chi connectivity index (χ0) is 16.7. The maximum atomic E-state index is 12.7. The van der Waals surface area contributed by atoms with Crippen molar-refractivity contribution < 1.29 is 9.53 Å². The Morgan fingerprint density at radius 3 is 2.48 bits per heavy atom. The topological polar surface area (TPSA) is 26.3 Å². The third kappa shape index (κ3) is 4.95. The van der Waals surface area contributed by atoms with Crippen LogP contribution in [0.25, 0.3) is 0 Å². The highest BCUT2D eigenvalue weighted by Crippen LogP contribution is 2.29. The molecule has 0 saturated carbocycles. The lowest BCUT2D eigenvalue weighted by Gasteiger charge is -2.23. The van der Waals surface area contributed by atoms with E-state index < -0.39 is 0 Å². The van der Waals surface area contributed by atoms with Gasteiger partial charge in [0.2, 0.25) is 0 Å². The van der Waals surface area contributed by atoms with Gasteiger partial charge in [0.15, 0.2) is 5.78 Å². The second kappa shape index (κ2) is 7.96. The van der Waals surface area contributed by atoms with E-state index in [1.54, 1.807) is 0 Å². The van der Waals surface area contributed by atoms with Crippen LogP contribution in [-0.4, -0.2) is 5.78 Å². The first-order valence-electron chi connectivity index (χ1n) is 8.34. The van der Waals surface area contributed by atoms with Crippen LogP contribution in [0.5, 0.6) is 5.75 Å². The van der Waals surface area contributed by atoms with Crippen molar-refractivity contribution >= 4 is 5.78 Å². The molecule has 23 heavy (non-hydrogen) atoms. The second-order valence-corrected chi connectivity index (χ2v) is 6.62. The maximum Gasteiger partial charge on any atom is 0.168 e. The SMILES string of the molecule is CCCCC(C)(C)C(=O)c1cccc(OCc2ccccc2)c1. The van der Waals surface area contributed by atoms with E-state index in [-0.39, 0.29) is 11.2 Å². The van der Waals surface area contributed by atoms with Crippen molar-refractivity contribution in [3.05, 3.63) is 65.7 Å². The molecule has 0 saturated heterocycles. The van der Waals surface area contributed by atoms with Gasteiger partial charge < -0.3 is 4.74 Å². The van der Waals surface area contributed by atoms with Crippen molar-refractivity contribution in [3.8, 4) is 5.75 Å². The monoisotopic (exact) mass is 310 g/mol. The molecule has 0 aliphatic carbocycles. The number of carbonyl (C=O) groups is 1. The summed E-state index contributed by atoms with van der Waals surface area (Å²) in [6.07, 6.45) is 3.09. The fraction of sp³-hybridized carbons (Fsp3) is 0.381. The third-order valence-corrected chi connectivity index (χ3v) is 4.11. The van der Waals surface area contributed by atoms with E-state index in [1.807, 2.05) is 68.4 Å². The van der Waals surface area contributed by atoms with Gasteiger partial charge in [0.05, 0.1) is 0 Å². The standard InChI is InChI=1S/C21H26O2/c1-4-5-14-21(2,3)20(22)18-12-9-13-19(15-18)23-16-17-10-7-6-8-11-17/h6-13,15H,4-5,14,16H2,1-3H3. The molecular weight excluding hydrogens is 284 g/mol. The van der Waals surface area contributed by atoms with Crippen molar-refractivity contribution in [2.45, 2.75) is 46.6 Å². The minimum Gasteiger partial charge on any atom is -0.489 e. The number of hydrogen-bond donors (Lipinski definition) is 0. The van der Waals surface area contributed by atoms with Gasteiger partial charge in [-0.1, -0.05) is 76.1 Å². The van der Waals surface area contributed by atoms with Crippen LogP contribution in [0.1, 0.15) is 56.0 Å². The van der Waals surface area contributed by atoms with Gasteiger partial charge in [0, 0.05) is 11.0 Å². The highest BCUT2D eigenvalue weighted by molar-refractivity contribution is 6.00. The van der Waals surface area contributed by atoms with E-state index >= 15 is 0 Å². The predicted molar refractivity (Wildman–Crippen MR) is 94.9 cm³/mol. The van der Waals surface area contributed by atoms with Gasteiger partial charge in [-0.25, -0.2) is 0 Å². The largest absolute Gasteiger partial charge is 0.489 e. The lowest BCUT2D eigenvalue weighted by Crippen LogP contribution is -2.24. The van der Waals surface area contributed by atoms with Crippen molar-refractivity contribution in [1.29, 1.82) is 0 Å².